The fourth-order valence-electron chi connectivity index (χ4n) is 4.41. The molecule has 0 unspecified atom stereocenters. The molecule has 0 bridgehead atoms. The van der Waals surface area contributed by atoms with Crippen molar-refractivity contribution in [2.45, 2.75) is 38.8 Å². The first-order valence-corrected chi connectivity index (χ1v) is 11.6. The highest BCUT2D eigenvalue weighted by atomic mass is 35.5. The molecular formula is C24H22ClN9O. The summed E-state index contributed by atoms with van der Waals surface area (Å²) in [5, 5.41) is 28.2. The number of likely N-dealkylation sites (tertiary alicyclic amines) is 1. The first kappa shape index (κ1) is 22.6. The Labute approximate surface area is 207 Å². The van der Waals surface area contributed by atoms with Gasteiger partial charge in [0.25, 0.3) is 0 Å². The summed E-state index contributed by atoms with van der Waals surface area (Å²) in [5.74, 6) is 0.451. The molecule has 0 amide bonds. The van der Waals surface area contributed by atoms with E-state index in [1.807, 2.05) is 30.7 Å². The first-order chi connectivity index (χ1) is 17.0. The number of piperidine rings is 1. The van der Waals surface area contributed by atoms with Crippen molar-refractivity contribution in [3.8, 4) is 29.4 Å². The zero-order valence-electron chi connectivity index (χ0n) is 19.3. The molecule has 35 heavy (non-hydrogen) atoms. The topological polar surface area (TPSA) is 121 Å². The van der Waals surface area contributed by atoms with Crippen LogP contribution in [0.5, 0.6) is 5.88 Å². The van der Waals surface area contributed by atoms with Crippen LogP contribution in [-0.2, 0) is 0 Å². The lowest BCUT2D eigenvalue weighted by molar-refractivity contribution is 0.210. The first-order valence-electron chi connectivity index (χ1n) is 11.2. The monoisotopic (exact) mass is 487 g/mol. The van der Waals surface area contributed by atoms with Crippen molar-refractivity contribution >= 4 is 17.2 Å². The standard InChI is InChI=1S/C24H22ClN9O/c1-15-24(30-31-34(15)19-5-7-32(14-27)8-6-19)17-9-22-29-13-20(11-26)33(22)23(10-17)35-16(2)21-4-3-18(25)12-28-21/h3-4,9-10,12-13,16,19H,5-8H2,1-2H3/t16-/m1/s1. The van der Waals surface area contributed by atoms with Crippen molar-refractivity contribution < 1.29 is 4.74 Å². The maximum Gasteiger partial charge on any atom is 0.201 e. The summed E-state index contributed by atoms with van der Waals surface area (Å²) in [6.45, 7) is 5.29. The fourth-order valence-corrected chi connectivity index (χ4v) is 4.53. The lowest BCUT2D eigenvalue weighted by Gasteiger charge is -2.28. The van der Waals surface area contributed by atoms with E-state index < -0.39 is 6.10 Å². The molecule has 10 nitrogen and oxygen atoms in total. The molecule has 0 N–H and O–H groups in total. The van der Waals surface area contributed by atoms with E-state index in [2.05, 4.69) is 32.5 Å². The number of pyridine rings is 2. The van der Waals surface area contributed by atoms with Gasteiger partial charge in [0, 0.05) is 30.9 Å². The maximum atomic E-state index is 9.60. The van der Waals surface area contributed by atoms with Gasteiger partial charge in [-0.25, -0.2) is 9.67 Å². The average Bonchev–Trinajstić information content (AvgIpc) is 3.47. The van der Waals surface area contributed by atoms with Crippen LogP contribution in [0.15, 0.2) is 36.7 Å². The van der Waals surface area contributed by atoms with E-state index in [4.69, 9.17) is 21.6 Å². The van der Waals surface area contributed by atoms with Crippen molar-refractivity contribution in [3.05, 3.63) is 58.8 Å². The Morgan fingerprint density at radius 2 is 1.94 bits per heavy atom. The number of fused-ring (bicyclic) bond motifs is 1. The SMILES string of the molecule is Cc1c(-c2cc(O[C@H](C)c3ccc(Cl)cn3)n3c(C#N)cnc3c2)nnn1C1CCN(C#N)CC1. The van der Waals surface area contributed by atoms with Crippen LogP contribution in [0.2, 0.25) is 5.02 Å². The van der Waals surface area contributed by atoms with Gasteiger partial charge < -0.3 is 9.64 Å². The largest absolute Gasteiger partial charge is 0.469 e. The van der Waals surface area contributed by atoms with Gasteiger partial charge in [0.2, 0.25) is 5.88 Å². The highest BCUT2D eigenvalue weighted by Gasteiger charge is 2.25. The van der Waals surface area contributed by atoms with Gasteiger partial charge in [-0.05, 0) is 44.9 Å². The number of hydrogen-bond acceptors (Lipinski definition) is 8. The highest BCUT2D eigenvalue weighted by Crippen LogP contribution is 2.32. The van der Waals surface area contributed by atoms with Crippen LogP contribution in [0.3, 0.4) is 0 Å². The van der Waals surface area contributed by atoms with Gasteiger partial charge in [-0.3, -0.25) is 9.38 Å². The number of nitrogens with zero attached hydrogens (tertiary/aromatic N) is 9. The van der Waals surface area contributed by atoms with Crippen molar-refractivity contribution in [1.29, 1.82) is 10.5 Å². The van der Waals surface area contributed by atoms with E-state index in [0.717, 1.165) is 29.8 Å². The lowest BCUT2D eigenvalue weighted by atomic mass is 10.0. The maximum absolute atomic E-state index is 9.60. The molecule has 0 radical (unpaired) electrons. The van der Waals surface area contributed by atoms with Crippen LogP contribution in [-0.4, -0.2) is 47.4 Å². The molecular weight excluding hydrogens is 466 g/mol. The van der Waals surface area contributed by atoms with Crippen LogP contribution < -0.4 is 4.74 Å². The van der Waals surface area contributed by atoms with Gasteiger partial charge >= 0.3 is 0 Å². The number of ether oxygens (including phenoxy) is 1. The predicted molar refractivity (Wildman–Crippen MR) is 127 cm³/mol. The summed E-state index contributed by atoms with van der Waals surface area (Å²) in [6, 6.07) is 9.64. The second-order valence-electron chi connectivity index (χ2n) is 8.48. The van der Waals surface area contributed by atoms with Gasteiger partial charge in [-0.1, -0.05) is 16.8 Å². The molecule has 176 valence electrons. The minimum absolute atomic E-state index is 0.188. The molecule has 5 heterocycles. The van der Waals surface area contributed by atoms with Crippen LogP contribution >= 0.6 is 11.6 Å². The van der Waals surface area contributed by atoms with Crippen LogP contribution in [0.1, 0.15) is 49.0 Å². The minimum atomic E-state index is -0.401. The van der Waals surface area contributed by atoms with Crippen LogP contribution in [0.4, 0.5) is 0 Å². The van der Waals surface area contributed by atoms with Gasteiger partial charge in [0.15, 0.2) is 6.19 Å². The molecule has 1 atom stereocenters. The summed E-state index contributed by atoms with van der Waals surface area (Å²) in [5.41, 5.74) is 4.08. The van der Waals surface area contributed by atoms with E-state index in [9.17, 15) is 5.26 Å². The number of nitriles is 2. The van der Waals surface area contributed by atoms with E-state index in [0.29, 0.717) is 41.0 Å². The molecule has 5 rings (SSSR count). The van der Waals surface area contributed by atoms with E-state index in [1.54, 1.807) is 27.6 Å². The molecule has 1 fully saturated rings. The molecule has 1 aliphatic heterocycles. The van der Waals surface area contributed by atoms with Crippen molar-refractivity contribution in [3.63, 3.8) is 0 Å². The molecule has 11 heteroatoms. The second kappa shape index (κ2) is 9.24. The Balaban J connectivity index is 1.51. The van der Waals surface area contributed by atoms with Crippen molar-refractivity contribution in [2.75, 3.05) is 13.1 Å². The van der Waals surface area contributed by atoms with Gasteiger partial charge in [0.1, 0.15) is 29.2 Å². The van der Waals surface area contributed by atoms with Crippen molar-refractivity contribution in [1.82, 2.24) is 34.3 Å². The molecule has 0 spiro atoms. The summed E-state index contributed by atoms with van der Waals surface area (Å²) in [4.78, 5) is 10.5. The fraction of sp³-hybridized carbons (Fsp3) is 0.333. The summed E-state index contributed by atoms with van der Waals surface area (Å²) in [6.07, 6.45) is 6.57. The Hall–Kier alpha value is -4.15. The average molecular weight is 488 g/mol. The summed E-state index contributed by atoms with van der Waals surface area (Å²) in [7, 11) is 0. The van der Waals surface area contributed by atoms with E-state index >= 15 is 0 Å². The Morgan fingerprint density at radius 3 is 2.63 bits per heavy atom. The van der Waals surface area contributed by atoms with Gasteiger partial charge in [0.05, 0.1) is 28.6 Å². The molecule has 0 aliphatic carbocycles. The third-order valence-corrected chi connectivity index (χ3v) is 6.53. The Morgan fingerprint density at radius 1 is 1.14 bits per heavy atom. The van der Waals surface area contributed by atoms with Gasteiger partial charge in [-0.2, -0.15) is 10.5 Å². The summed E-state index contributed by atoms with van der Waals surface area (Å²) >= 11 is 5.97. The number of imidazole rings is 1. The van der Waals surface area contributed by atoms with Gasteiger partial charge in [-0.15, -0.1) is 5.10 Å². The third-order valence-electron chi connectivity index (χ3n) is 6.30. The lowest BCUT2D eigenvalue weighted by Crippen LogP contribution is -2.31. The third kappa shape index (κ3) is 4.25. The number of hydrogen-bond donors (Lipinski definition) is 0. The van der Waals surface area contributed by atoms with Crippen LogP contribution in [0.25, 0.3) is 16.9 Å². The smallest absolute Gasteiger partial charge is 0.201 e. The Bertz CT molecular complexity index is 1450. The number of halogens is 1. The van der Waals surface area contributed by atoms with E-state index in [-0.39, 0.29) is 6.04 Å². The zero-order chi connectivity index (χ0) is 24.5. The second-order valence-corrected chi connectivity index (χ2v) is 8.92. The Kier molecular flexibility index (Phi) is 5.98. The molecule has 1 aliphatic rings. The minimum Gasteiger partial charge on any atom is -0.469 e. The highest BCUT2D eigenvalue weighted by molar-refractivity contribution is 6.30. The summed E-state index contributed by atoms with van der Waals surface area (Å²) < 4.78 is 9.90. The van der Waals surface area contributed by atoms with Crippen molar-refractivity contribution in [2.24, 2.45) is 0 Å². The molecule has 4 aromatic heterocycles. The number of aromatic nitrogens is 6. The molecule has 0 saturated carbocycles. The molecule has 4 aromatic rings. The molecule has 1 saturated heterocycles. The molecule has 0 aromatic carbocycles. The predicted octanol–water partition coefficient (Wildman–Crippen LogP) is 4.08. The number of rotatable bonds is 5. The van der Waals surface area contributed by atoms with E-state index in [1.165, 1.54) is 6.20 Å². The zero-order valence-corrected chi connectivity index (χ0v) is 20.0. The normalized spacial score (nSPS) is 15.1. The quantitative estimate of drug-likeness (QED) is 0.386. The van der Waals surface area contributed by atoms with Crippen LogP contribution in [0, 0.1) is 29.7 Å².